The molecule has 2 heterocycles. The van der Waals surface area contributed by atoms with Crippen LogP contribution in [0.15, 0.2) is 12.3 Å². The van der Waals surface area contributed by atoms with Gasteiger partial charge in [0.1, 0.15) is 5.69 Å². The van der Waals surface area contributed by atoms with E-state index in [2.05, 4.69) is 6.92 Å². The van der Waals surface area contributed by atoms with Gasteiger partial charge in [-0.15, -0.1) is 0 Å². The number of carbonyl (C=O) groups is 1. The van der Waals surface area contributed by atoms with Crippen LogP contribution in [-0.2, 0) is 6.54 Å². The van der Waals surface area contributed by atoms with Crippen molar-refractivity contribution in [2.24, 2.45) is 11.7 Å². The van der Waals surface area contributed by atoms with E-state index in [0.29, 0.717) is 16.6 Å². The molecule has 0 saturated carbocycles. The Morgan fingerprint density at radius 1 is 1.63 bits per heavy atom. The molecule has 0 aromatic carbocycles. The third-order valence-electron chi connectivity index (χ3n) is 3.80. The highest BCUT2D eigenvalue weighted by Crippen LogP contribution is 2.23. The maximum atomic E-state index is 12.5. The van der Waals surface area contributed by atoms with Gasteiger partial charge in [0.25, 0.3) is 5.91 Å². The molecule has 1 amide bonds. The molecule has 1 saturated heterocycles. The first-order chi connectivity index (χ1) is 9.02. The van der Waals surface area contributed by atoms with Gasteiger partial charge in [-0.2, -0.15) is 0 Å². The van der Waals surface area contributed by atoms with Crippen molar-refractivity contribution in [3.05, 3.63) is 23.0 Å². The van der Waals surface area contributed by atoms with Gasteiger partial charge >= 0.3 is 0 Å². The number of aromatic nitrogens is 1. The summed E-state index contributed by atoms with van der Waals surface area (Å²) in [5, 5.41) is 0.625. The summed E-state index contributed by atoms with van der Waals surface area (Å²) in [6.45, 7) is 6.46. The number of likely N-dealkylation sites (tertiary alicyclic amines) is 1. The molecule has 1 aromatic rings. The number of hydrogen-bond acceptors (Lipinski definition) is 2. The molecule has 1 fully saturated rings. The highest BCUT2D eigenvalue weighted by atomic mass is 35.5. The van der Waals surface area contributed by atoms with Gasteiger partial charge < -0.3 is 15.2 Å². The molecule has 1 aromatic heterocycles. The minimum absolute atomic E-state index is 0.0727. The second-order valence-electron chi connectivity index (χ2n) is 5.40. The van der Waals surface area contributed by atoms with Crippen LogP contribution in [0.5, 0.6) is 0 Å². The van der Waals surface area contributed by atoms with E-state index in [1.165, 1.54) is 0 Å². The Balaban J connectivity index is 2.12. The van der Waals surface area contributed by atoms with Crippen LogP contribution in [0.3, 0.4) is 0 Å². The number of carbonyl (C=O) groups excluding carboxylic acids is 1. The lowest BCUT2D eigenvalue weighted by atomic mass is 10.0. The lowest BCUT2D eigenvalue weighted by Crippen LogP contribution is -2.33. The zero-order chi connectivity index (χ0) is 14.0. The van der Waals surface area contributed by atoms with Gasteiger partial charge in [-0.25, -0.2) is 0 Å². The van der Waals surface area contributed by atoms with Crippen molar-refractivity contribution in [3.8, 4) is 0 Å². The fourth-order valence-corrected chi connectivity index (χ4v) is 2.86. The number of aryl methyl sites for hydroxylation is 1. The molecule has 5 heteroatoms. The molecule has 1 aliphatic rings. The fourth-order valence-electron chi connectivity index (χ4n) is 2.64. The predicted molar refractivity (Wildman–Crippen MR) is 77.4 cm³/mol. The van der Waals surface area contributed by atoms with Crippen LogP contribution in [0.1, 0.15) is 37.2 Å². The molecule has 19 heavy (non-hydrogen) atoms. The van der Waals surface area contributed by atoms with Gasteiger partial charge in [-0.05, 0) is 31.7 Å². The Kier molecular flexibility index (Phi) is 4.53. The zero-order valence-electron chi connectivity index (χ0n) is 11.6. The molecule has 4 nitrogen and oxygen atoms in total. The third kappa shape index (κ3) is 3.12. The Hall–Kier alpha value is -1.00. The van der Waals surface area contributed by atoms with Crippen LogP contribution < -0.4 is 5.73 Å². The quantitative estimate of drug-likeness (QED) is 0.922. The molecule has 0 radical (unpaired) electrons. The summed E-state index contributed by atoms with van der Waals surface area (Å²) in [7, 11) is 0. The van der Waals surface area contributed by atoms with Crippen molar-refractivity contribution < 1.29 is 4.79 Å². The van der Waals surface area contributed by atoms with Crippen molar-refractivity contribution in [2.75, 3.05) is 13.1 Å². The van der Waals surface area contributed by atoms with Crippen LogP contribution in [-0.4, -0.2) is 34.5 Å². The zero-order valence-corrected chi connectivity index (χ0v) is 12.4. The molecule has 2 N–H and O–H groups in total. The second-order valence-corrected chi connectivity index (χ2v) is 5.83. The topological polar surface area (TPSA) is 51.3 Å². The van der Waals surface area contributed by atoms with Gasteiger partial charge in [0.15, 0.2) is 0 Å². The van der Waals surface area contributed by atoms with Crippen molar-refractivity contribution in [2.45, 2.75) is 39.3 Å². The summed E-state index contributed by atoms with van der Waals surface area (Å²) in [5.41, 5.74) is 6.61. The minimum atomic E-state index is 0.0727. The van der Waals surface area contributed by atoms with E-state index in [1.54, 1.807) is 6.07 Å². The third-order valence-corrected chi connectivity index (χ3v) is 4.01. The highest BCUT2D eigenvalue weighted by Gasteiger charge is 2.30. The summed E-state index contributed by atoms with van der Waals surface area (Å²) >= 11 is 6.02. The summed E-state index contributed by atoms with van der Waals surface area (Å²) in [6.07, 6.45) is 3.80. The molecule has 0 bridgehead atoms. The van der Waals surface area contributed by atoms with Gasteiger partial charge in [0.05, 0.1) is 5.02 Å². The molecule has 2 rings (SSSR count). The van der Waals surface area contributed by atoms with E-state index in [0.717, 1.165) is 32.5 Å². The van der Waals surface area contributed by atoms with E-state index < -0.39 is 0 Å². The highest BCUT2D eigenvalue weighted by molar-refractivity contribution is 6.31. The first-order valence-electron chi connectivity index (χ1n) is 6.93. The number of rotatable bonds is 4. The Morgan fingerprint density at radius 2 is 2.37 bits per heavy atom. The van der Waals surface area contributed by atoms with Crippen molar-refractivity contribution >= 4 is 17.5 Å². The van der Waals surface area contributed by atoms with Crippen molar-refractivity contribution in [1.82, 2.24) is 9.47 Å². The molecular formula is C14H22ClN3O. The molecule has 0 spiro atoms. The molecule has 2 unspecified atom stereocenters. The second kappa shape index (κ2) is 5.97. The number of nitrogens with zero attached hydrogens (tertiary/aromatic N) is 2. The standard InChI is InChI=1S/C14H22ClN3O/c1-3-5-17-9-12(15)7-13(17)14(19)18-6-4-11(8-18)10(2)16/h7,9-11H,3-6,8,16H2,1-2H3. The van der Waals surface area contributed by atoms with E-state index in [1.807, 2.05) is 22.6 Å². The molecule has 1 aliphatic heterocycles. The van der Waals surface area contributed by atoms with Gasteiger partial charge in [-0.3, -0.25) is 4.79 Å². The van der Waals surface area contributed by atoms with E-state index >= 15 is 0 Å². The number of hydrogen-bond donors (Lipinski definition) is 1. The lowest BCUT2D eigenvalue weighted by molar-refractivity contribution is 0.0775. The summed E-state index contributed by atoms with van der Waals surface area (Å²) in [4.78, 5) is 14.4. The van der Waals surface area contributed by atoms with E-state index in [-0.39, 0.29) is 11.9 Å². The maximum Gasteiger partial charge on any atom is 0.270 e. The fraction of sp³-hybridized carbons (Fsp3) is 0.643. The van der Waals surface area contributed by atoms with Crippen LogP contribution in [0.2, 0.25) is 5.02 Å². The molecular weight excluding hydrogens is 262 g/mol. The number of halogens is 1. The average molecular weight is 284 g/mol. The van der Waals surface area contributed by atoms with E-state index in [9.17, 15) is 4.79 Å². The lowest BCUT2D eigenvalue weighted by Gasteiger charge is -2.19. The summed E-state index contributed by atoms with van der Waals surface area (Å²) in [6, 6.07) is 1.91. The van der Waals surface area contributed by atoms with E-state index in [4.69, 9.17) is 17.3 Å². The van der Waals surface area contributed by atoms with Crippen LogP contribution in [0, 0.1) is 5.92 Å². The SMILES string of the molecule is CCCn1cc(Cl)cc1C(=O)N1CCC(C(C)N)C1. The minimum Gasteiger partial charge on any atom is -0.342 e. The maximum absolute atomic E-state index is 12.5. The number of amides is 1. The summed E-state index contributed by atoms with van der Waals surface area (Å²) < 4.78 is 1.95. The molecule has 2 atom stereocenters. The Bertz CT molecular complexity index is 456. The smallest absolute Gasteiger partial charge is 0.270 e. The largest absolute Gasteiger partial charge is 0.342 e. The van der Waals surface area contributed by atoms with Gasteiger partial charge in [0.2, 0.25) is 0 Å². The predicted octanol–water partition coefficient (Wildman–Crippen LogP) is 2.36. The van der Waals surface area contributed by atoms with Crippen LogP contribution in [0.4, 0.5) is 0 Å². The Morgan fingerprint density at radius 3 is 2.95 bits per heavy atom. The van der Waals surface area contributed by atoms with Crippen LogP contribution in [0.25, 0.3) is 0 Å². The van der Waals surface area contributed by atoms with Gasteiger partial charge in [-0.1, -0.05) is 18.5 Å². The number of nitrogens with two attached hydrogens (primary N) is 1. The van der Waals surface area contributed by atoms with Crippen molar-refractivity contribution in [1.29, 1.82) is 0 Å². The first-order valence-corrected chi connectivity index (χ1v) is 7.31. The monoisotopic (exact) mass is 283 g/mol. The summed E-state index contributed by atoms with van der Waals surface area (Å²) in [5.74, 6) is 0.484. The normalized spacial score (nSPS) is 20.8. The first kappa shape index (κ1) is 14.4. The molecule has 106 valence electrons. The van der Waals surface area contributed by atoms with Crippen molar-refractivity contribution in [3.63, 3.8) is 0 Å². The van der Waals surface area contributed by atoms with Crippen LogP contribution >= 0.6 is 11.6 Å². The average Bonchev–Trinajstić information content (AvgIpc) is 2.95. The van der Waals surface area contributed by atoms with Gasteiger partial charge in [0, 0.05) is 31.9 Å². The Labute approximate surface area is 119 Å². The molecule has 0 aliphatic carbocycles.